The Kier molecular flexibility index (Phi) is 4.06. The third-order valence-corrected chi connectivity index (χ3v) is 3.85. The molecule has 4 heteroatoms. The summed E-state index contributed by atoms with van der Waals surface area (Å²) in [5.74, 6) is 0. The summed E-state index contributed by atoms with van der Waals surface area (Å²) in [7, 11) is -2.38. The van der Waals surface area contributed by atoms with Gasteiger partial charge in [-0.05, 0) is 12.8 Å². The monoisotopic (exact) mass is 218 g/mol. The van der Waals surface area contributed by atoms with Crippen LogP contribution in [-0.2, 0) is 10.7 Å². The van der Waals surface area contributed by atoms with Gasteiger partial charge in [0.15, 0.2) is 10.7 Å². The summed E-state index contributed by atoms with van der Waals surface area (Å²) in [5, 5.41) is 0.433. The van der Waals surface area contributed by atoms with E-state index in [2.05, 4.69) is 13.8 Å². The van der Waals surface area contributed by atoms with Crippen LogP contribution in [0.2, 0.25) is 0 Å². The minimum absolute atomic E-state index is 0.433. The van der Waals surface area contributed by atoms with Gasteiger partial charge >= 0.3 is 0 Å². The lowest BCUT2D eigenvalue weighted by Crippen LogP contribution is -1.97. The van der Waals surface area contributed by atoms with E-state index < -0.39 is 10.7 Å². The zero-order chi connectivity index (χ0) is 9.84. The molecule has 0 amide bonds. The normalized spacial score (nSPS) is 17.5. The molecule has 13 heavy (non-hydrogen) atoms. The first kappa shape index (κ1) is 10.9. The Hall–Kier alpha value is -0.220. The Labute approximate surface area is 85.1 Å². The van der Waals surface area contributed by atoms with Crippen molar-refractivity contribution in [2.45, 2.75) is 31.9 Å². The Balaban J connectivity index is 2.91. The van der Waals surface area contributed by atoms with E-state index in [9.17, 15) is 8.42 Å². The molecule has 0 saturated heterocycles. The molecular weight excluding hydrogens is 204 g/mol. The largest absolute Gasteiger partial charge is 0.227 e. The molecule has 74 valence electrons. The van der Waals surface area contributed by atoms with Crippen LogP contribution in [0, 0.1) is 0 Å². The second-order valence-corrected chi connectivity index (χ2v) is 5.85. The molecule has 1 aliphatic rings. The molecule has 0 atom stereocenters. The number of rotatable bonds is 3. The zero-order valence-corrected chi connectivity index (χ0v) is 9.53. The van der Waals surface area contributed by atoms with Crippen molar-refractivity contribution in [3.63, 3.8) is 0 Å². The molecule has 1 rings (SSSR count). The van der Waals surface area contributed by atoms with Gasteiger partial charge in [-0.1, -0.05) is 26.0 Å². The van der Waals surface area contributed by atoms with E-state index in [4.69, 9.17) is 0 Å². The topological polar surface area (TPSA) is 34.1 Å². The van der Waals surface area contributed by atoms with Crippen LogP contribution in [-0.4, -0.2) is 13.7 Å². The maximum atomic E-state index is 10.9. The van der Waals surface area contributed by atoms with Crippen LogP contribution in [0.25, 0.3) is 0 Å². The average Bonchev–Trinajstić information content (AvgIpc) is 2.03. The highest BCUT2D eigenvalue weighted by molar-refractivity contribution is 8.04. The van der Waals surface area contributed by atoms with Crippen molar-refractivity contribution in [3.05, 3.63) is 22.0 Å². The Morgan fingerprint density at radius 2 is 2.15 bits per heavy atom. The fourth-order valence-electron chi connectivity index (χ4n) is 1.17. The highest BCUT2D eigenvalue weighted by atomic mass is 32.2. The van der Waals surface area contributed by atoms with Gasteiger partial charge in [-0.3, -0.25) is 0 Å². The van der Waals surface area contributed by atoms with Gasteiger partial charge in [-0.25, -0.2) is 8.42 Å². The van der Waals surface area contributed by atoms with Gasteiger partial charge < -0.3 is 0 Å². The number of hydrogen-bond donors (Lipinski definition) is 1. The van der Waals surface area contributed by atoms with Crippen LogP contribution in [0.1, 0.15) is 26.7 Å². The molecule has 2 nitrogen and oxygen atoms in total. The van der Waals surface area contributed by atoms with Crippen LogP contribution in [0.15, 0.2) is 22.0 Å². The van der Waals surface area contributed by atoms with Crippen LogP contribution < -0.4 is 0 Å². The number of thiol groups is 1. The third kappa shape index (κ3) is 3.19. The van der Waals surface area contributed by atoms with E-state index in [-0.39, 0.29) is 0 Å². The van der Waals surface area contributed by atoms with Crippen LogP contribution >= 0.6 is 11.8 Å². The minimum Gasteiger partial charge on any atom is -0.227 e. The first-order chi connectivity index (χ1) is 6.11. The second-order valence-electron chi connectivity index (χ2n) is 3.18. The van der Waals surface area contributed by atoms with Crippen LogP contribution in [0.3, 0.4) is 0 Å². The van der Waals surface area contributed by atoms with Gasteiger partial charge in [0.2, 0.25) is 0 Å². The molecule has 0 radical (unpaired) electrons. The Morgan fingerprint density at radius 3 is 2.69 bits per heavy atom. The first-order valence-corrected chi connectivity index (χ1v) is 6.37. The van der Waals surface area contributed by atoms with Gasteiger partial charge in [0.1, 0.15) is 0 Å². The summed E-state index contributed by atoms with van der Waals surface area (Å²) in [6.45, 7) is 4.13. The van der Waals surface area contributed by atoms with E-state index >= 15 is 0 Å². The molecule has 1 aliphatic carbocycles. The summed E-state index contributed by atoms with van der Waals surface area (Å²) in [6.07, 6.45) is 5.48. The van der Waals surface area contributed by atoms with Crippen molar-refractivity contribution < 1.29 is 8.42 Å². The summed E-state index contributed by atoms with van der Waals surface area (Å²) in [4.78, 5) is 1.54. The van der Waals surface area contributed by atoms with Crippen LogP contribution in [0.4, 0.5) is 0 Å². The van der Waals surface area contributed by atoms with Gasteiger partial charge in [-0.2, -0.15) is 0 Å². The van der Waals surface area contributed by atoms with Gasteiger partial charge in [0, 0.05) is 10.2 Å². The Bertz CT molecular complexity index is 304. The molecule has 0 saturated carbocycles. The summed E-state index contributed by atoms with van der Waals surface area (Å²) >= 11 is 1.62. The van der Waals surface area contributed by atoms with Crippen molar-refractivity contribution >= 4 is 22.5 Å². The van der Waals surface area contributed by atoms with E-state index in [1.54, 1.807) is 11.8 Å². The standard InChI is InChI=1S/C9H14O2S2/c1-7(2)12-8-5-3-4-6-9(8)13(10)11/h3,5,7,13H,4,6H2,1-2H3. The van der Waals surface area contributed by atoms with Gasteiger partial charge in [-0.15, -0.1) is 11.8 Å². The smallest absolute Gasteiger partial charge is 0.165 e. The van der Waals surface area contributed by atoms with E-state index in [1.807, 2.05) is 12.2 Å². The lowest BCUT2D eigenvalue weighted by molar-refractivity contribution is 0.617. The molecular formula is C9H14O2S2. The maximum Gasteiger partial charge on any atom is 0.165 e. The highest BCUT2D eigenvalue weighted by Crippen LogP contribution is 2.31. The molecule has 0 aromatic heterocycles. The van der Waals surface area contributed by atoms with Crippen molar-refractivity contribution in [1.82, 2.24) is 0 Å². The average molecular weight is 218 g/mol. The lowest BCUT2D eigenvalue weighted by Gasteiger charge is -2.12. The zero-order valence-electron chi connectivity index (χ0n) is 7.82. The number of thioether (sulfide) groups is 1. The molecule has 0 aliphatic heterocycles. The molecule has 0 N–H and O–H groups in total. The molecule has 0 aromatic rings. The Morgan fingerprint density at radius 1 is 1.46 bits per heavy atom. The second kappa shape index (κ2) is 4.86. The van der Waals surface area contributed by atoms with Crippen molar-refractivity contribution in [1.29, 1.82) is 0 Å². The highest BCUT2D eigenvalue weighted by Gasteiger charge is 2.12. The fraction of sp³-hybridized carbons (Fsp3) is 0.556. The summed E-state index contributed by atoms with van der Waals surface area (Å²) < 4.78 is 21.8. The number of allylic oxidation sites excluding steroid dienone is 3. The molecule has 0 aromatic carbocycles. The van der Waals surface area contributed by atoms with Gasteiger partial charge in [0.05, 0.1) is 4.91 Å². The lowest BCUT2D eigenvalue weighted by atomic mass is 10.2. The maximum absolute atomic E-state index is 10.9. The van der Waals surface area contributed by atoms with Crippen LogP contribution in [0.5, 0.6) is 0 Å². The molecule has 0 spiro atoms. The summed E-state index contributed by atoms with van der Waals surface area (Å²) in [5.41, 5.74) is 0. The molecule has 0 fully saturated rings. The predicted octanol–water partition coefficient (Wildman–Crippen LogP) is 2.30. The van der Waals surface area contributed by atoms with E-state index in [0.717, 1.165) is 11.3 Å². The molecule has 0 bridgehead atoms. The molecule has 0 unspecified atom stereocenters. The first-order valence-electron chi connectivity index (χ1n) is 4.32. The van der Waals surface area contributed by atoms with E-state index in [0.29, 0.717) is 16.6 Å². The third-order valence-electron chi connectivity index (χ3n) is 1.68. The summed E-state index contributed by atoms with van der Waals surface area (Å²) in [6, 6.07) is 0. The quantitative estimate of drug-likeness (QED) is 0.738. The SMILES string of the molecule is CC(C)SC1=C([SH](=O)=O)CCC=C1. The van der Waals surface area contributed by atoms with Crippen molar-refractivity contribution in [3.8, 4) is 0 Å². The van der Waals surface area contributed by atoms with E-state index in [1.165, 1.54) is 0 Å². The van der Waals surface area contributed by atoms with Crippen molar-refractivity contribution in [2.75, 3.05) is 0 Å². The van der Waals surface area contributed by atoms with Crippen molar-refractivity contribution in [2.24, 2.45) is 0 Å². The minimum atomic E-state index is -2.38. The molecule has 0 heterocycles. The predicted molar refractivity (Wildman–Crippen MR) is 58.4 cm³/mol. The fourth-order valence-corrected chi connectivity index (χ4v) is 3.04. The number of hydrogen-bond acceptors (Lipinski definition) is 3. The van der Waals surface area contributed by atoms with Gasteiger partial charge in [0.25, 0.3) is 0 Å².